The Bertz CT molecular complexity index is 374. The summed E-state index contributed by atoms with van der Waals surface area (Å²) in [6.45, 7) is 6.93. The lowest BCUT2D eigenvalue weighted by atomic mass is 10.3. The number of halogens is 2. The molecule has 0 amide bonds. The fourth-order valence-electron chi connectivity index (χ4n) is 1.41. The largest absolute Gasteiger partial charge is 0.491 e. The maximum absolute atomic E-state index is 5.89. The Morgan fingerprint density at radius 1 is 1.16 bits per heavy atom. The Balaban J connectivity index is 2.06. The lowest BCUT2D eigenvalue weighted by Crippen LogP contribution is -2.29. The molecule has 1 N–H and O–H groups in total. The Hall–Kier alpha value is -0.480. The summed E-state index contributed by atoms with van der Waals surface area (Å²) in [5, 5.41) is 4.38. The number of rotatable bonds is 9. The van der Waals surface area contributed by atoms with Gasteiger partial charge in [-0.15, -0.1) is 0 Å². The van der Waals surface area contributed by atoms with Gasteiger partial charge < -0.3 is 14.8 Å². The molecule has 0 bridgehead atoms. The van der Waals surface area contributed by atoms with Crippen LogP contribution in [0.15, 0.2) is 18.2 Å². The topological polar surface area (TPSA) is 30.5 Å². The van der Waals surface area contributed by atoms with Crippen molar-refractivity contribution in [3.8, 4) is 5.75 Å². The average Bonchev–Trinajstić information content (AvgIpc) is 2.41. The standard InChI is InChI=1S/C14H21Cl2NO2/c1-3-11(2)17-6-7-18-8-9-19-12-4-5-13(15)14(16)10-12/h4-5,10-11,17H,3,6-9H2,1-2H3/t11-/m1/s1. The molecule has 1 aromatic rings. The predicted molar refractivity (Wildman–Crippen MR) is 80.5 cm³/mol. The molecular formula is C14H21Cl2NO2. The molecule has 0 fully saturated rings. The van der Waals surface area contributed by atoms with Crippen molar-refractivity contribution in [3.63, 3.8) is 0 Å². The van der Waals surface area contributed by atoms with Gasteiger partial charge in [0.15, 0.2) is 0 Å². The van der Waals surface area contributed by atoms with Crippen LogP contribution in [0.4, 0.5) is 0 Å². The zero-order valence-corrected chi connectivity index (χ0v) is 12.9. The van der Waals surface area contributed by atoms with Crippen LogP contribution in [0.2, 0.25) is 10.0 Å². The molecule has 3 nitrogen and oxygen atoms in total. The number of hydrogen-bond donors (Lipinski definition) is 1. The van der Waals surface area contributed by atoms with Gasteiger partial charge in [-0.05, 0) is 25.5 Å². The van der Waals surface area contributed by atoms with Crippen molar-refractivity contribution >= 4 is 23.2 Å². The molecule has 19 heavy (non-hydrogen) atoms. The number of nitrogens with one attached hydrogen (secondary N) is 1. The van der Waals surface area contributed by atoms with E-state index in [1.165, 1.54) is 0 Å². The number of hydrogen-bond acceptors (Lipinski definition) is 3. The first-order chi connectivity index (χ1) is 9.13. The molecule has 0 aliphatic rings. The van der Waals surface area contributed by atoms with E-state index in [2.05, 4.69) is 19.2 Å². The van der Waals surface area contributed by atoms with Crippen LogP contribution in [-0.2, 0) is 4.74 Å². The average molecular weight is 306 g/mol. The van der Waals surface area contributed by atoms with E-state index in [0.29, 0.717) is 41.7 Å². The molecule has 0 aromatic heterocycles. The molecule has 1 atom stereocenters. The zero-order chi connectivity index (χ0) is 14.1. The fraction of sp³-hybridized carbons (Fsp3) is 0.571. The summed E-state index contributed by atoms with van der Waals surface area (Å²) in [5.41, 5.74) is 0. The van der Waals surface area contributed by atoms with Crippen LogP contribution in [0.25, 0.3) is 0 Å². The van der Waals surface area contributed by atoms with Crippen molar-refractivity contribution in [1.29, 1.82) is 0 Å². The smallest absolute Gasteiger partial charge is 0.121 e. The molecule has 1 rings (SSSR count). The summed E-state index contributed by atoms with van der Waals surface area (Å²) >= 11 is 11.7. The Morgan fingerprint density at radius 3 is 2.63 bits per heavy atom. The van der Waals surface area contributed by atoms with E-state index in [9.17, 15) is 0 Å². The molecule has 0 heterocycles. The first-order valence-corrected chi connectivity index (χ1v) is 7.28. The summed E-state index contributed by atoms with van der Waals surface area (Å²) in [7, 11) is 0. The van der Waals surface area contributed by atoms with E-state index in [-0.39, 0.29) is 0 Å². The zero-order valence-electron chi connectivity index (χ0n) is 11.4. The summed E-state index contributed by atoms with van der Waals surface area (Å²) in [4.78, 5) is 0. The first kappa shape index (κ1) is 16.6. The third-order valence-electron chi connectivity index (χ3n) is 2.74. The lowest BCUT2D eigenvalue weighted by Gasteiger charge is -2.11. The summed E-state index contributed by atoms with van der Waals surface area (Å²) in [5.74, 6) is 0.704. The Kier molecular flexibility index (Phi) is 8.22. The molecule has 5 heteroatoms. The molecule has 0 saturated heterocycles. The molecule has 108 valence electrons. The fourth-order valence-corrected chi connectivity index (χ4v) is 1.70. The summed E-state index contributed by atoms with van der Waals surface area (Å²) in [6.07, 6.45) is 1.13. The maximum atomic E-state index is 5.89. The summed E-state index contributed by atoms with van der Waals surface area (Å²) in [6, 6.07) is 5.75. The Labute approximate surface area is 125 Å². The highest BCUT2D eigenvalue weighted by Gasteiger charge is 2.00. The van der Waals surface area contributed by atoms with Crippen molar-refractivity contribution < 1.29 is 9.47 Å². The van der Waals surface area contributed by atoms with Gasteiger partial charge in [0, 0.05) is 18.7 Å². The van der Waals surface area contributed by atoms with Gasteiger partial charge in [0.05, 0.1) is 23.3 Å². The molecule has 0 aliphatic heterocycles. The van der Waals surface area contributed by atoms with Gasteiger partial charge in [-0.1, -0.05) is 30.1 Å². The van der Waals surface area contributed by atoms with Gasteiger partial charge >= 0.3 is 0 Å². The van der Waals surface area contributed by atoms with Crippen LogP contribution in [0, 0.1) is 0 Å². The van der Waals surface area contributed by atoms with E-state index in [1.54, 1.807) is 18.2 Å². The van der Waals surface area contributed by atoms with Crippen molar-refractivity contribution in [2.45, 2.75) is 26.3 Å². The van der Waals surface area contributed by atoms with Gasteiger partial charge in [0.2, 0.25) is 0 Å². The minimum Gasteiger partial charge on any atom is -0.491 e. The first-order valence-electron chi connectivity index (χ1n) is 6.52. The third kappa shape index (κ3) is 7.02. The quantitative estimate of drug-likeness (QED) is 0.704. The van der Waals surface area contributed by atoms with Crippen LogP contribution in [0.5, 0.6) is 5.75 Å². The van der Waals surface area contributed by atoms with Crippen LogP contribution < -0.4 is 10.1 Å². The number of benzene rings is 1. The van der Waals surface area contributed by atoms with Crippen LogP contribution >= 0.6 is 23.2 Å². The second-order valence-corrected chi connectivity index (χ2v) is 5.11. The van der Waals surface area contributed by atoms with E-state index >= 15 is 0 Å². The molecule has 0 saturated carbocycles. The van der Waals surface area contributed by atoms with Crippen LogP contribution in [0.3, 0.4) is 0 Å². The van der Waals surface area contributed by atoms with Crippen molar-refractivity contribution in [1.82, 2.24) is 5.32 Å². The molecule has 0 aliphatic carbocycles. The highest BCUT2D eigenvalue weighted by Crippen LogP contribution is 2.26. The molecule has 1 aromatic carbocycles. The van der Waals surface area contributed by atoms with Crippen molar-refractivity contribution in [2.75, 3.05) is 26.4 Å². The highest BCUT2D eigenvalue weighted by molar-refractivity contribution is 6.42. The van der Waals surface area contributed by atoms with E-state index in [0.717, 1.165) is 13.0 Å². The summed E-state index contributed by atoms with van der Waals surface area (Å²) < 4.78 is 11.0. The monoisotopic (exact) mass is 305 g/mol. The molecule has 0 unspecified atom stereocenters. The van der Waals surface area contributed by atoms with Gasteiger partial charge in [-0.2, -0.15) is 0 Å². The third-order valence-corrected chi connectivity index (χ3v) is 3.48. The second-order valence-electron chi connectivity index (χ2n) is 4.30. The van der Waals surface area contributed by atoms with Gasteiger partial charge in [0.1, 0.15) is 12.4 Å². The normalized spacial score (nSPS) is 12.4. The van der Waals surface area contributed by atoms with Gasteiger partial charge in [0.25, 0.3) is 0 Å². The minimum absolute atomic E-state index is 0.498. The second kappa shape index (κ2) is 9.43. The lowest BCUT2D eigenvalue weighted by molar-refractivity contribution is 0.100. The van der Waals surface area contributed by atoms with Gasteiger partial charge in [-0.3, -0.25) is 0 Å². The SMILES string of the molecule is CC[C@@H](C)NCCOCCOc1ccc(Cl)c(Cl)c1. The number of ether oxygens (including phenoxy) is 2. The maximum Gasteiger partial charge on any atom is 0.121 e. The minimum atomic E-state index is 0.498. The Morgan fingerprint density at radius 2 is 1.95 bits per heavy atom. The molecule has 0 radical (unpaired) electrons. The molecule has 0 spiro atoms. The predicted octanol–water partition coefficient (Wildman–Crippen LogP) is 3.78. The van der Waals surface area contributed by atoms with E-state index in [1.807, 2.05) is 0 Å². The van der Waals surface area contributed by atoms with Crippen molar-refractivity contribution in [3.05, 3.63) is 28.2 Å². The van der Waals surface area contributed by atoms with Gasteiger partial charge in [-0.25, -0.2) is 0 Å². The van der Waals surface area contributed by atoms with Crippen LogP contribution in [-0.4, -0.2) is 32.4 Å². The van der Waals surface area contributed by atoms with E-state index < -0.39 is 0 Å². The molecular weight excluding hydrogens is 285 g/mol. The van der Waals surface area contributed by atoms with Crippen LogP contribution in [0.1, 0.15) is 20.3 Å². The van der Waals surface area contributed by atoms with E-state index in [4.69, 9.17) is 32.7 Å². The van der Waals surface area contributed by atoms with Crippen molar-refractivity contribution in [2.24, 2.45) is 0 Å². The highest BCUT2D eigenvalue weighted by atomic mass is 35.5.